The van der Waals surface area contributed by atoms with Crippen LogP contribution in [0.3, 0.4) is 0 Å². The first-order valence-electron chi connectivity index (χ1n) is 8.17. The lowest BCUT2D eigenvalue weighted by Crippen LogP contribution is -2.44. The van der Waals surface area contributed by atoms with Gasteiger partial charge < -0.3 is 13.9 Å². The lowest BCUT2D eigenvalue weighted by atomic mass is 10.1. The summed E-state index contributed by atoms with van der Waals surface area (Å²) >= 11 is 1.89. The van der Waals surface area contributed by atoms with Crippen molar-refractivity contribution in [3.8, 4) is 5.75 Å². The van der Waals surface area contributed by atoms with Gasteiger partial charge in [0.05, 0.1) is 7.11 Å². The van der Waals surface area contributed by atoms with Gasteiger partial charge in [-0.15, -0.1) is 0 Å². The van der Waals surface area contributed by atoms with Gasteiger partial charge in [-0.05, 0) is 19.1 Å². The van der Waals surface area contributed by atoms with E-state index < -0.39 is 5.63 Å². The Balaban J connectivity index is 1.74. The van der Waals surface area contributed by atoms with E-state index in [0.717, 1.165) is 30.0 Å². The van der Waals surface area contributed by atoms with E-state index >= 15 is 0 Å². The average Bonchev–Trinajstić information content (AvgIpc) is 2.65. The molecule has 1 aliphatic rings. The summed E-state index contributed by atoms with van der Waals surface area (Å²) < 4.78 is 15.8. The molecule has 1 fully saturated rings. The second-order valence-electron chi connectivity index (χ2n) is 5.88. The maximum absolute atomic E-state index is 12.3. The molecule has 1 aromatic heterocycles. The van der Waals surface area contributed by atoms with Gasteiger partial charge in [0.25, 0.3) is 0 Å². The molecule has 134 valence electrons. The molecule has 1 aromatic carbocycles. The van der Waals surface area contributed by atoms with Crippen LogP contribution in [0.1, 0.15) is 12.5 Å². The van der Waals surface area contributed by atoms with Crippen molar-refractivity contribution in [3.05, 3.63) is 40.2 Å². The molecule has 1 aliphatic heterocycles. The van der Waals surface area contributed by atoms with E-state index in [0.29, 0.717) is 16.9 Å². The summed E-state index contributed by atoms with van der Waals surface area (Å²) in [5.41, 5.74) is 0.565. The van der Waals surface area contributed by atoms with Crippen LogP contribution in [0.15, 0.2) is 33.5 Å². The molecule has 1 atom stereocenters. The molecule has 0 N–H and O–H groups in total. The number of carbonyl (C=O) groups excluding carboxylic acids is 1. The summed E-state index contributed by atoms with van der Waals surface area (Å²) in [5, 5.41) is 0.732. The number of esters is 1. The topological polar surface area (TPSA) is 69.0 Å². The van der Waals surface area contributed by atoms with E-state index in [2.05, 4.69) is 4.90 Å². The predicted octanol–water partition coefficient (Wildman–Crippen LogP) is 2.28. The number of rotatable bonds is 5. The van der Waals surface area contributed by atoms with Crippen LogP contribution in [0.4, 0.5) is 0 Å². The Morgan fingerprint density at radius 3 is 2.80 bits per heavy atom. The van der Waals surface area contributed by atoms with Crippen LogP contribution >= 0.6 is 11.8 Å². The van der Waals surface area contributed by atoms with Gasteiger partial charge in [0, 0.05) is 47.7 Å². The number of hydrogen-bond acceptors (Lipinski definition) is 7. The monoisotopic (exact) mass is 363 g/mol. The molecule has 7 heteroatoms. The molecule has 0 radical (unpaired) electrons. The zero-order valence-corrected chi connectivity index (χ0v) is 15.1. The Hall–Kier alpha value is -1.99. The van der Waals surface area contributed by atoms with Crippen LogP contribution in [0.25, 0.3) is 11.0 Å². The highest BCUT2D eigenvalue weighted by Gasteiger charge is 2.24. The molecule has 0 saturated carbocycles. The minimum atomic E-state index is -0.479. The van der Waals surface area contributed by atoms with Crippen molar-refractivity contribution in [2.24, 2.45) is 0 Å². The van der Waals surface area contributed by atoms with Gasteiger partial charge in [0.2, 0.25) is 0 Å². The summed E-state index contributed by atoms with van der Waals surface area (Å²) in [6.45, 7) is 3.68. The van der Waals surface area contributed by atoms with Crippen LogP contribution in [-0.2, 0) is 16.1 Å². The van der Waals surface area contributed by atoms with Crippen molar-refractivity contribution in [2.45, 2.75) is 19.6 Å². The van der Waals surface area contributed by atoms with Gasteiger partial charge in [-0.1, -0.05) is 0 Å². The molecule has 2 aromatic rings. The van der Waals surface area contributed by atoms with E-state index in [1.165, 1.54) is 6.07 Å². The number of benzene rings is 1. The molecule has 0 bridgehead atoms. The summed E-state index contributed by atoms with van der Waals surface area (Å²) in [6, 6.07) is 6.31. The summed E-state index contributed by atoms with van der Waals surface area (Å²) in [5.74, 6) is 2.39. The van der Waals surface area contributed by atoms with Gasteiger partial charge in [-0.3, -0.25) is 9.69 Å². The fourth-order valence-corrected chi connectivity index (χ4v) is 3.77. The van der Waals surface area contributed by atoms with E-state index in [1.807, 2.05) is 18.7 Å². The minimum Gasteiger partial charge on any atom is -0.497 e. The zero-order chi connectivity index (χ0) is 17.8. The highest BCUT2D eigenvalue weighted by molar-refractivity contribution is 7.99. The Labute approximate surface area is 150 Å². The highest BCUT2D eigenvalue weighted by atomic mass is 32.2. The molecule has 1 unspecified atom stereocenters. The van der Waals surface area contributed by atoms with E-state index in [1.54, 1.807) is 25.3 Å². The van der Waals surface area contributed by atoms with Crippen LogP contribution in [0.5, 0.6) is 5.75 Å². The Bertz CT molecular complexity index is 813. The van der Waals surface area contributed by atoms with E-state index in [4.69, 9.17) is 13.9 Å². The molecule has 2 heterocycles. The molecule has 0 amide bonds. The van der Waals surface area contributed by atoms with Gasteiger partial charge >= 0.3 is 11.6 Å². The van der Waals surface area contributed by atoms with Crippen LogP contribution < -0.4 is 10.4 Å². The second-order valence-corrected chi connectivity index (χ2v) is 7.11. The Morgan fingerprint density at radius 1 is 1.32 bits per heavy atom. The number of nitrogens with zero attached hydrogens (tertiary/aromatic N) is 1. The first-order valence-corrected chi connectivity index (χ1v) is 9.33. The fraction of sp³-hybridized carbons (Fsp3) is 0.444. The van der Waals surface area contributed by atoms with Gasteiger partial charge in [-0.2, -0.15) is 11.8 Å². The largest absolute Gasteiger partial charge is 0.497 e. The van der Waals surface area contributed by atoms with E-state index in [9.17, 15) is 9.59 Å². The fourth-order valence-electron chi connectivity index (χ4n) is 2.84. The maximum Gasteiger partial charge on any atom is 0.336 e. The standard InChI is InChI=1S/C18H21NO5S/c1-12(19-5-7-25-8-6-19)18(21)23-11-13-9-17(20)24-16-10-14(22-2)3-4-15(13)16/h3-4,9-10,12H,5-8,11H2,1-2H3. The SMILES string of the molecule is COc1ccc2c(COC(=O)C(C)N3CCSCC3)cc(=O)oc2c1. The number of thioether (sulfide) groups is 1. The first kappa shape index (κ1) is 17.8. The number of fused-ring (bicyclic) bond motifs is 1. The van der Waals surface area contributed by atoms with Gasteiger partial charge in [-0.25, -0.2) is 4.79 Å². The minimum absolute atomic E-state index is 0.0419. The third kappa shape index (κ3) is 4.16. The molecule has 25 heavy (non-hydrogen) atoms. The quantitative estimate of drug-likeness (QED) is 0.596. The van der Waals surface area contributed by atoms with Crippen molar-refractivity contribution in [3.63, 3.8) is 0 Å². The molecular formula is C18H21NO5S. The molecule has 1 saturated heterocycles. The van der Waals surface area contributed by atoms with Crippen molar-refractivity contribution in [1.82, 2.24) is 4.90 Å². The van der Waals surface area contributed by atoms with Crippen molar-refractivity contribution < 1.29 is 18.7 Å². The normalized spacial score (nSPS) is 16.6. The van der Waals surface area contributed by atoms with Gasteiger partial charge in [0.15, 0.2) is 0 Å². The molecular weight excluding hydrogens is 342 g/mol. The molecule has 0 spiro atoms. The van der Waals surface area contributed by atoms with Crippen molar-refractivity contribution in [2.75, 3.05) is 31.7 Å². The first-order chi connectivity index (χ1) is 12.1. The number of methoxy groups -OCH3 is 1. The lowest BCUT2D eigenvalue weighted by Gasteiger charge is -2.30. The average molecular weight is 363 g/mol. The summed E-state index contributed by atoms with van der Waals surface area (Å²) in [6.07, 6.45) is 0. The predicted molar refractivity (Wildman–Crippen MR) is 97.2 cm³/mol. The maximum atomic E-state index is 12.3. The lowest BCUT2D eigenvalue weighted by molar-refractivity contribution is -0.150. The number of ether oxygens (including phenoxy) is 2. The Morgan fingerprint density at radius 2 is 2.08 bits per heavy atom. The second kappa shape index (κ2) is 7.93. The number of hydrogen-bond donors (Lipinski definition) is 0. The molecule has 3 rings (SSSR count). The zero-order valence-electron chi connectivity index (χ0n) is 14.3. The smallest absolute Gasteiger partial charge is 0.336 e. The van der Waals surface area contributed by atoms with Crippen molar-refractivity contribution in [1.29, 1.82) is 0 Å². The summed E-state index contributed by atoms with van der Waals surface area (Å²) in [4.78, 5) is 26.2. The van der Waals surface area contributed by atoms with Gasteiger partial charge in [0.1, 0.15) is 24.0 Å². The molecule has 6 nitrogen and oxygen atoms in total. The molecule has 0 aliphatic carbocycles. The Kier molecular flexibility index (Phi) is 5.65. The van der Waals surface area contributed by atoms with Crippen LogP contribution in [-0.4, -0.2) is 48.6 Å². The third-order valence-electron chi connectivity index (χ3n) is 4.34. The van der Waals surface area contributed by atoms with Crippen LogP contribution in [0.2, 0.25) is 0 Å². The highest BCUT2D eigenvalue weighted by Crippen LogP contribution is 2.23. The third-order valence-corrected chi connectivity index (χ3v) is 5.28. The number of carbonyl (C=O) groups is 1. The van der Waals surface area contributed by atoms with E-state index in [-0.39, 0.29) is 18.6 Å². The summed E-state index contributed by atoms with van der Waals surface area (Å²) in [7, 11) is 1.55. The van der Waals surface area contributed by atoms with Crippen LogP contribution in [0, 0.1) is 0 Å². The van der Waals surface area contributed by atoms with Crippen molar-refractivity contribution >= 4 is 28.7 Å².